The molecule has 0 saturated heterocycles. The summed E-state index contributed by atoms with van der Waals surface area (Å²) in [5, 5.41) is 0. The lowest BCUT2D eigenvalue weighted by atomic mass is 10.0. The summed E-state index contributed by atoms with van der Waals surface area (Å²) in [6.45, 7) is 6.00. The minimum Gasteiger partial charge on any atom is -0.397 e. The average Bonchev–Trinajstić information content (AvgIpc) is 1.97. The van der Waals surface area contributed by atoms with Crippen LogP contribution in [0.25, 0.3) is 0 Å². The fourth-order valence-corrected chi connectivity index (χ4v) is 1.14. The van der Waals surface area contributed by atoms with Crippen LogP contribution < -0.4 is 11.5 Å². The Morgan fingerprint density at radius 3 is 2.00 bits per heavy atom. The standard InChI is InChI=1S/C9H14N2/c1-5-4-6(2)8(10)9(11)7(5)3/h4H,10-11H2,1-3H3. The summed E-state index contributed by atoms with van der Waals surface area (Å²) in [5.41, 5.74) is 16.3. The first kappa shape index (κ1) is 7.92. The number of benzene rings is 1. The summed E-state index contributed by atoms with van der Waals surface area (Å²) in [5.74, 6) is 0. The van der Waals surface area contributed by atoms with E-state index < -0.39 is 0 Å². The van der Waals surface area contributed by atoms with Gasteiger partial charge in [0.05, 0.1) is 11.4 Å². The van der Waals surface area contributed by atoms with Crippen LogP contribution in [0.3, 0.4) is 0 Å². The SMILES string of the molecule is Cc1cc(C)c(N)c(N)c1C. The number of nitrogen functional groups attached to an aromatic ring is 2. The molecule has 1 rings (SSSR count). The van der Waals surface area contributed by atoms with E-state index in [0.717, 1.165) is 16.8 Å². The lowest BCUT2D eigenvalue weighted by Gasteiger charge is -2.09. The number of hydrogen-bond acceptors (Lipinski definition) is 2. The molecule has 0 heterocycles. The van der Waals surface area contributed by atoms with Gasteiger partial charge in [-0.15, -0.1) is 0 Å². The maximum Gasteiger partial charge on any atom is 0.0582 e. The van der Waals surface area contributed by atoms with E-state index in [2.05, 4.69) is 6.07 Å². The molecule has 0 radical (unpaired) electrons. The minimum atomic E-state index is 0.716. The summed E-state index contributed by atoms with van der Waals surface area (Å²) in [7, 11) is 0. The van der Waals surface area contributed by atoms with Crippen LogP contribution in [-0.2, 0) is 0 Å². The Balaban J connectivity index is 3.46. The zero-order chi connectivity index (χ0) is 8.59. The Hall–Kier alpha value is -1.18. The van der Waals surface area contributed by atoms with Crippen LogP contribution in [0.1, 0.15) is 16.7 Å². The third kappa shape index (κ3) is 1.16. The monoisotopic (exact) mass is 150 g/mol. The lowest BCUT2D eigenvalue weighted by Crippen LogP contribution is -2.01. The molecule has 4 N–H and O–H groups in total. The molecule has 0 amide bonds. The molecule has 0 bridgehead atoms. The number of aryl methyl sites for hydroxylation is 2. The summed E-state index contributed by atoms with van der Waals surface area (Å²) >= 11 is 0. The fraction of sp³-hybridized carbons (Fsp3) is 0.333. The van der Waals surface area contributed by atoms with E-state index in [1.165, 1.54) is 5.56 Å². The van der Waals surface area contributed by atoms with E-state index in [1.807, 2.05) is 20.8 Å². The van der Waals surface area contributed by atoms with Gasteiger partial charge < -0.3 is 11.5 Å². The van der Waals surface area contributed by atoms with Gasteiger partial charge in [-0.25, -0.2) is 0 Å². The van der Waals surface area contributed by atoms with E-state index in [-0.39, 0.29) is 0 Å². The van der Waals surface area contributed by atoms with E-state index >= 15 is 0 Å². The predicted molar refractivity (Wildman–Crippen MR) is 49.5 cm³/mol. The van der Waals surface area contributed by atoms with Crippen molar-refractivity contribution in [3.05, 3.63) is 22.8 Å². The molecule has 0 saturated carbocycles. The van der Waals surface area contributed by atoms with Crippen LogP contribution >= 0.6 is 0 Å². The highest BCUT2D eigenvalue weighted by atomic mass is 14.7. The Bertz CT molecular complexity index is 264. The smallest absolute Gasteiger partial charge is 0.0582 e. The Kier molecular flexibility index (Phi) is 1.77. The van der Waals surface area contributed by atoms with Gasteiger partial charge in [-0.2, -0.15) is 0 Å². The minimum absolute atomic E-state index is 0.716. The largest absolute Gasteiger partial charge is 0.397 e. The molecule has 60 valence electrons. The van der Waals surface area contributed by atoms with E-state index in [4.69, 9.17) is 11.5 Å². The van der Waals surface area contributed by atoms with Crippen molar-refractivity contribution in [2.45, 2.75) is 20.8 Å². The Morgan fingerprint density at radius 1 is 0.909 bits per heavy atom. The fourth-order valence-electron chi connectivity index (χ4n) is 1.14. The first-order valence-electron chi connectivity index (χ1n) is 3.65. The second-order valence-electron chi connectivity index (χ2n) is 2.96. The third-order valence-corrected chi connectivity index (χ3v) is 2.14. The van der Waals surface area contributed by atoms with E-state index in [9.17, 15) is 0 Å². The maximum atomic E-state index is 5.76. The van der Waals surface area contributed by atoms with E-state index in [0.29, 0.717) is 5.69 Å². The van der Waals surface area contributed by atoms with Gasteiger partial charge in [-0.1, -0.05) is 6.07 Å². The molecule has 0 spiro atoms. The second kappa shape index (κ2) is 2.46. The predicted octanol–water partition coefficient (Wildman–Crippen LogP) is 1.78. The maximum absolute atomic E-state index is 5.76. The molecule has 1 aromatic rings. The van der Waals surface area contributed by atoms with Gasteiger partial charge in [0.25, 0.3) is 0 Å². The van der Waals surface area contributed by atoms with Gasteiger partial charge in [0.1, 0.15) is 0 Å². The van der Waals surface area contributed by atoms with Crippen LogP contribution in [0, 0.1) is 20.8 Å². The Morgan fingerprint density at radius 2 is 1.45 bits per heavy atom. The van der Waals surface area contributed by atoms with Crippen LogP contribution in [0.15, 0.2) is 6.07 Å². The average molecular weight is 150 g/mol. The molecule has 0 aliphatic heterocycles. The van der Waals surface area contributed by atoms with Crippen molar-refractivity contribution in [2.24, 2.45) is 0 Å². The molecule has 0 fully saturated rings. The number of nitrogens with two attached hydrogens (primary N) is 2. The summed E-state index contributed by atoms with van der Waals surface area (Å²) in [6.07, 6.45) is 0. The number of anilines is 2. The number of rotatable bonds is 0. The van der Waals surface area contributed by atoms with Crippen molar-refractivity contribution in [2.75, 3.05) is 11.5 Å². The van der Waals surface area contributed by atoms with Crippen molar-refractivity contribution < 1.29 is 0 Å². The zero-order valence-electron chi connectivity index (χ0n) is 7.23. The Labute approximate surface area is 67.2 Å². The topological polar surface area (TPSA) is 52.0 Å². The van der Waals surface area contributed by atoms with Gasteiger partial charge in [0.15, 0.2) is 0 Å². The third-order valence-electron chi connectivity index (χ3n) is 2.14. The quantitative estimate of drug-likeness (QED) is 0.554. The van der Waals surface area contributed by atoms with Gasteiger partial charge in [0.2, 0.25) is 0 Å². The molecule has 0 unspecified atom stereocenters. The van der Waals surface area contributed by atoms with Crippen LogP contribution in [0.5, 0.6) is 0 Å². The van der Waals surface area contributed by atoms with Crippen molar-refractivity contribution in [1.29, 1.82) is 0 Å². The van der Waals surface area contributed by atoms with Crippen LogP contribution in [0.2, 0.25) is 0 Å². The molecule has 0 atom stereocenters. The second-order valence-corrected chi connectivity index (χ2v) is 2.96. The van der Waals surface area contributed by atoms with Gasteiger partial charge in [0, 0.05) is 0 Å². The summed E-state index contributed by atoms with van der Waals surface area (Å²) in [4.78, 5) is 0. The molecule has 0 aliphatic rings. The van der Waals surface area contributed by atoms with Gasteiger partial charge in [-0.05, 0) is 37.5 Å². The van der Waals surface area contributed by atoms with Crippen molar-refractivity contribution in [3.63, 3.8) is 0 Å². The molecular weight excluding hydrogens is 136 g/mol. The first-order valence-corrected chi connectivity index (χ1v) is 3.65. The van der Waals surface area contributed by atoms with Gasteiger partial charge in [-0.3, -0.25) is 0 Å². The highest BCUT2D eigenvalue weighted by Gasteiger charge is 2.04. The summed E-state index contributed by atoms with van der Waals surface area (Å²) in [6, 6.07) is 2.06. The van der Waals surface area contributed by atoms with Crippen molar-refractivity contribution >= 4 is 11.4 Å². The molecular formula is C9H14N2. The highest BCUT2D eigenvalue weighted by Crippen LogP contribution is 2.25. The van der Waals surface area contributed by atoms with Crippen molar-refractivity contribution in [3.8, 4) is 0 Å². The lowest BCUT2D eigenvalue weighted by molar-refractivity contribution is 1.31. The molecule has 2 heteroatoms. The van der Waals surface area contributed by atoms with Gasteiger partial charge >= 0.3 is 0 Å². The van der Waals surface area contributed by atoms with Crippen LogP contribution in [-0.4, -0.2) is 0 Å². The van der Waals surface area contributed by atoms with E-state index in [1.54, 1.807) is 0 Å². The molecule has 2 nitrogen and oxygen atoms in total. The molecule has 11 heavy (non-hydrogen) atoms. The summed E-state index contributed by atoms with van der Waals surface area (Å²) < 4.78 is 0. The highest BCUT2D eigenvalue weighted by molar-refractivity contribution is 5.72. The molecule has 0 aliphatic carbocycles. The van der Waals surface area contributed by atoms with Crippen molar-refractivity contribution in [1.82, 2.24) is 0 Å². The zero-order valence-corrected chi connectivity index (χ0v) is 7.23. The first-order chi connectivity index (χ1) is 5.04. The molecule has 1 aromatic carbocycles. The van der Waals surface area contributed by atoms with Crippen LogP contribution in [0.4, 0.5) is 11.4 Å². The molecule has 0 aromatic heterocycles. The number of hydrogen-bond donors (Lipinski definition) is 2. The normalized spacial score (nSPS) is 10.1.